The molecular weight excluding hydrogens is 258 g/mol. The lowest BCUT2D eigenvalue weighted by molar-refractivity contribution is 0.0526. The van der Waals surface area contributed by atoms with Gasteiger partial charge in [0.05, 0.1) is 30.6 Å². The van der Waals surface area contributed by atoms with Gasteiger partial charge < -0.3 is 4.74 Å². The third-order valence-electron chi connectivity index (χ3n) is 2.97. The van der Waals surface area contributed by atoms with Crippen LogP contribution in [0.5, 0.6) is 0 Å². The van der Waals surface area contributed by atoms with Crippen molar-refractivity contribution in [3.63, 3.8) is 0 Å². The molecule has 0 bridgehead atoms. The molecule has 0 saturated carbocycles. The molecule has 1 aromatic heterocycles. The lowest BCUT2D eigenvalue weighted by atomic mass is 10.2. The van der Waals surface area contributed by atoms with Crippen molar-refractivity contribution in [3.05, 3.63) is 47.8 Å². The molecule has 0 N–H and O–H groups in total. The summed E-state index contributed by atoms with van der Waals surface area (Å²) in [7, 11) is 0. The third-order valence-corrected chi connectivity index (χ3v) is 2.97. The second-order valence-corrected chi connectivity index (χ2v) is 4.45. The number of nitrogens with zero attached hydrogens (tertiary/aromatic N) is 3. The summed E-state index contributed by atoms with van der Waals surface area (Å²) in [5.41, 5.74) is 2.62. The first-order chi connectivity index (χ1) is 9.76. The Morgan fingerprint density at radius 3 is 2.80 bits per heavy atom. The van der Waals surface area contributed by atoms with E-state index in [4.69, 9.17) is 9.57 Å². The molecule has 3 rings (SSSR count). The minimum Gasteiger partial charge on any atom is -0.462 e. The van der Waals surface area contributed by atoms with E-state index in [1.807, 2.05) is 24.3 Å². The van der Waals surface area contributed by atoms with Crippen molar-refractivity contribution >= 4 is 11.7 Å². The summed E-state index contributed by atoms with van der Waals surface area (Å²) >= 11 is 0. The zero-order valence-electron chi connectivity index (χ0n) is 11.2. The van der Waals surface area contributed by atoms with Crippen LogP contribution in [-0.4, -0.2) is 29.1 Å². The van der Waals surface area contributed by atoms with Gasteiger partial charge in [0.25, 0.3) is 0 Å². The van der Waals surface area contributed by atoms with Crippen LogP contribution >= 0.6 is 0 Å². The van der Waals surface area contributed by atoms with Gasteiger partial charge in [-0.1, -0.05) is 12.1 Å². The van der Waals surface area contributed by atoms with Gasteiger partial charge in [0.1, 0.15) is 0 Å². The molecule has 0 unspecified atom stereocenters. The molecule has 1 aliphatic rings. The first-order valence-electron chi connectivity index (χ1n) is 6.45. The number of carbonyl (C=O) groups is 1. The molecule has 6 heteroatoms. The van der Waals surface area contributed by atoms with Gasteiger partial charge in [0.15, 0.2) is 6.73 Å². The zero-order chi connectivity index (χ0) is 13.9. The topological polar surface area (TPSA) is 59.7 Å². The Morgan fingerprint density at radius 1 is 1.40 bits per heavy atom. The minimum absolute atomic E-state index is 0.340. The molecule has 6 nitrogen and oxygen atoms in total. The zero-order valence-corrected chi connectivity index (χ0v) is 11.2. The number of hydrogen-bond donors (Lipinski definition) is 0. The molecule has 1 aliphatic heterocycles. The van der Waals surface area contributed by atoms with E-state index in [1.165, 1.54) is 6.20 Å². The molecule has 2 heterocycles. The quantitative estimate of drug-likeness (QED) is 0.614. The summed E-state index contributed by atoms with van der Waals surface area (Å²) in [5.74, 6) is -0.340. The van der Waals surface area contributed by atoms with Crippen molar-refractivity contribution in [1.82, 2.24) is 9.78 Å². The number of aromatic nitrogens is 2. The van der Waals surface area contributed by atoms with E-state index in [0.717, 1.165) is 11.3 Å². The lowest BCUT2D eigenvalue weighted by Gasteiger charge is -2.03. The third kappa shape index (κ3) is 2.80. The highest BCUT2D eigenvalue weighted by Crippen LogP contribution is 2.22. The van der Waals surface area contributed by atoms with Crippen molar-refractivity contribution in [2.24, 2.45) is 0 Å². The summed E-state index contributed by atoms with van der Waals surface area (Å²) in [6.45, 7) is 3.41. The van der Waals surface area contributed by atoms with E-state index in [0.29, 0.717) is 25.4 Å². The molecule has 0 aliphatic carbocycles. The average Bonchev–Trinajstić information content (AvgIpc) is 3.20. The predicted octanol–water partition coefficient (Wildman–Crippen LogP) is 1.82. The highest BCUT2D eigenvalue weighted by Gasteiger charge is 2.19. The Bertz CT molecular complexity index is 602. The molecule has 1 fully saturated rings. The maximum atomic E-state index is 11.5. The van der Waals surface area contributed by atoms with Crippen LogP contribution in [0.25, 0.3) is 0 Å². The van der Waals surface area contributed by atoms with Gasteiger partial charge in [-0.15, -0.1) is 0 Å². The largest absolute Gasteiger partial charge is 0.462 e. The number of esters is 1. The van der Waals surface area contributed by atoms with Crippen LogP contribution in [0.1, 0.15) is 22.8 Å². The molecule has 0 atom stereocenters. The van der Waals surface area contributed by atoms with Crippen LogP contribution in [-0.2, 0) is 16.1 Å². The number of benzene rings is 1. The van der Waals surface area contributed by atoms with Gasteiger partial charge in [0.2, 0.25) is 0 Å². The van der Waals surface area contributed by atoms with Gasteiger partial charge in [-0.05, 0) is 24.6 Å². The van der Waals surface area contributed by atoms with Crippen molar-refractivity contribution < 1.29 is 14.4 Å². The van der Waals surface area contributed by atoms with Gasteiger partial charge in [0, 0.05) is 6.20 Å². The molecule has 1 saturated heterocycles. The molecule has 0 spiro atoms. The lowest BCUT2D eigenvalue weighted by Crippen LogP contribution is -2.04. The first kappa shape index (κ1) is 12.7. The normalized spacial score (nSPS) is 13.3. The fourth-order valence-corrected chi connectivity index (χ4v) is 1.90. The SMILES string of the molecule is CCOC(=O)c1cnn(Cc2ccc(N3CO3)cc2)c1. The Kier molecular flexibility index (Phi) is 3.39. The number of hydroxylamine groups is 1. The van der Waals surface area contributed by atoms with E-state index < -0.39 is 0 Å². The number of hydrogen-bond acceptors (Lipinski definition) is 5. The molecule has 2 aromatic rings. The van der Waals surface area contributed by atoms with Crippen molar-refractivity contribution in [2.75, 3.05) is 18.4 Å². The second-order valence-electron chi connectivity index (χ2n) is 4.45. The number of anilines is 1. The fourth-order valence-electron chi connectivity index (χ4n) is 1.90. The number of ether oxygens (including phenoxy) is 1. The van der Waals surface area contributed by atoms with E-state index in [1.54, 1.807) is 22.9 Å². The summed E-state index contributed by atoms with van der Waals surface area (Å²) in [6.07, 6.45) is 3.22. The summed E-state index contributed by atoms with van der Waals surface area (Å²) in [6, 6.07) is 8.03. The molecule has 20 heavy (non-hydrogen) atoms. The maximum Gasteiger partial charge on any atom is 0.341 e. The monoisotopic (exact) mass is 273 g/mol. The van der Waals surface area contributed by atoms with Crippen molar-refractivity contribution in [1.29, 1.82) is 0 Å². The molecule has 1 aromatic carbocycles. The summed E-state index contributed by atoms with van der Waals surface area (Å²) in [5, 5.41) is 5.97. The first-order valence-corrected chi connectivity index (χ1v) is 6.45. The molecule has 0 amide bonds. The fraction of sp³-hybridized carbons (Fsp3) is 0.286. The van der Waals surface area contributed by atoms with Crippen LogP contribution < -0.4 is 5.06 Å². The van der Waals surface area contributed by atoms with Crippen LogP contribution in [0.4, 0.5) is 5.69 Å². The molecule has 104 valence electrons. The highest BCUT2D eigenvalue weighted by molar-refractivity contribution is 5.88. The van der Waals surface area contributed by atoms with E-state index in [-0.39, 0.29) is 5.97 Å². The summed E-state index contributed by atoms with van der Waals surface area (Å²) < 4.78 is 6.65. The Labute approximate surface area is 116 Å². The van der Waals surface area contributed by atoms with Crippen molar-refractivity contribution in [3.8, 4) is 0 Å². The van der Waals surface area contributed by atoms with Gasteiger partial charge in [-0.25, -0.2) is 14.7 Å². The molecular formula is C14H15N3O3. The van der Waals surface area contributed by atoms with Crippen molar-refractivity contribution in [2.45, 2.75) is 13.5 Å². The number of rotatable bonds is 5. The minimum atomic E-state index is -0.340. The van der Waals surface area contributed by atoms with Crippen LogP contribution in [0.3, 0.4) is 0 Å². The highest BCUT2D eigenvalue weighted by atomic mass is 16.8. The standard InChI is InChI=1S/C14H15N3O3/c1-2-19-14(18)12-7-15-16(9-12)8-11-3-5-13(6-4-11)17-10-20-17/h3-7,9H,2,8,10H2,1H3. The van der Waals surface area contributed by atoms with Crippen LogP contribution in [0, 0.1) is 0 Å². The Morgan fingerprint density at radius 2 is 2.15 bits per heavy atom. The molecule has 0 radical (unpaired) electrons. The Hall–Kier alpha value is -2.34. The average molecular weight is 273 g/mol. The second kappa shape index (κ2) is 5.34. The van der Waals surface area contributed by atoms with E-state index >= 15 is 0 Å². The van der Waals surface area contributed by atoms with Gasteiger partial charge >= 0.3 is 5.97 Å². The van der Waals surface area contributed by atoms with E-state index in [2.05, 4.69) is 5.10 Å². The Balaban J connectivity index is 1.66. The van der Waals surface area contributed by atoms with E-state index in [9.17, 15) is 4.79 Å². The van der Waals surface area contributed by atoms with Crippen LogP contribution in [0.2, 0.25) is 0 Å². The maximum absolute atomic E-state index is 11.5. The smallest absolute Gasteiger partial charge is 0.341 e. The van der Waals surface area contributed by atoms with Crippen LogP contribution in [0.15, 0.2) is 36.7 Å². The summed E-state index contributed by atoms with van der Waals surface area (Å²) in [4.78, 5) is 16.6. The van der Waals surface area contributed by atoms with Gasteiger partial charge in [-0.3, -0.25) is 4.68 Å². The van der Waals surface area contributed by atoms with Gasteiger partial charge in [-0.2, -0.15) is 5.10 Å². The number of carbonyl (C=O) groups excluding carboxylic acids is 1. The predicted molar refractivity (Wildman–Crippen MR) is 72.2 cm³/mol.